The van der Waals surface area contributed by atoms with E-state index in [-0.39, 0.29) is 0 Å². The van der Waals surface area contributed by atoms with Crippen LogP contribution in [-0.4, -0.2) is 28.6 Å². The highest BCUT2D eigenvalue weighted by Gasteiger charge is 2.33. The number of likely N-dealkylation sites (tertiary alicyclic amines) is 1. The quantitative estimate of drug-likeness (QED) is 0.855. The molecule has 0 spiro atoms. The molecule has 1 aliphatic carbocycles. The van der Waals surface area contributed by atoms with Crippen LogP contribution in [0.15, 0.2) is 17.5 Å². The van der Waals surface area contributed by atoms with Crippen molar-refractivity contribution in [1.29, 1.82) is 0 Å². The van der Waals surface area contributed by atoms with Crippen molar-refractivity contribution in [3.63, 3.8) is 0 Å². The minimum absolute atomic E-state index is 0.755. The lowest BCUT2D eigenvalue weighted by atomic mass is 9.78. The Hall–Kier alpha value is -1.13. The summed E-state index contributed by atoms with van der Waals surface area (Å²) in [7, 11) is 0. The summed E-state index contributed by atoms with van der Waals surface area (Å²) in [5.41, 5.74) is 1.07. The first-order valence-corrected chi connectivity index (χ1v) is 8.83. The van der Waals surface area contributed by atoms with E-state index in [1.54, 1.807) is 17.4 Å². The Labute approximate surface area is 130 Å². The summed E-state index contributed by atoms with van der Waals surface area (Å²) in [6.07, 6.45) is 11.2. The molecule has 0 amide bonds. The van der Waals surface area contributed by atoms with E-state index in [2.05, 4.69) is 10.3 Å². The second-order valence-electron chi connectivity index (χ2n) is 6.20. The maximum Gasteiger partial charge on any atom is 0.328 e. The zero-order valence-corrected chi connectivity index (χ0v) is 13.1. The fourth-order valence-corrected chi connectivity index (χ4v) is 4.79. The third kappa shape index (κ3) is 3.55. The van der Waals surface area contributed by atoms with Gasteiger partial charge in [-0.25, -0.2) is 4.79 Å². The van der Waals surface area contributed by atoms with Gasteiger partial charge in [0, 0.05) is 23.5 Å². The molecule has 4 heteroatoms. The van der Waals surface area contributed by atoms with E-state index in [0.29, 0.717) is 0 Å². The van der Waals surface area contributed by atoms with Gasteiger partial charge in [-0.2, -0.15) is 0 Å². The molecule has 2 heterocycles. The highest BCUT2D eigenvalue weighted by Crippen LogP contribution is 2.36. The average Bonchev–Trinajstić information content (AvgIpc) is 2.93. The van der Waals surface area contributed by atoms with Gasteiger partial charge < -0.3 is 5.11 Å². The molecule has 21 heavy (non-hydrogen) atoms. The zero-order chi connectivity index (χ0) is 14.7. The molecule has 1 N–H and O–H groups in total. The normalized spacial score (nSPS) is 26.9. The number of carboxylic acid groups (broad SMARTS) is 1. The minimum Gasteiger partial charge on any atom is -0.478 e. The van der Waals surface area contributed by atoms with Crippen molar-refractivity contribution in [3.8, 4) is 0 Å². The van der Waals surface area contributed by atoms with Crippen LogP contribution in [0.4, 0.5) is 0 Å². The maximum atomic E-state index is 10.7. The maximum absolute atomic E-state index is 10.7. The molecular weight excluding hydrogens is 282 g/mol. The van der Waals surface area contributed by atoms with Gasteiger partial charge in [-0.15, -0.1) is 11.3 Å². The number of carbonyl (C=O) groups is 1. The third-order valence-corrected chi connectivity index (χ3v) is 5.81. The van der Waals surface area contributed by atoms with Crippen molar-refractivity contribution < 1.29 is 9.90 Å². The van der Waals surface area contributed by atoms with Crippen LogP contribution in [-0.2, 0) is 11.3 Å². The molecule has 2 fully saturated rings. The summed E-state index contributed by atoms with van der Waals surface area (Å²) in [5, 5.41) is 10.9. The van der Waals surface area contributed by atoms with Gasteiger partial charge in [0.1, 0.15) is 0 Å². The molecule has 1 aliphatic heterocycles. The Balaban J connectivity index is 1.71. The number of thiophene rings is 1. The van der Waals surface area contributed by atoms with Crippen molar-refractivity contribution in [1.82, 2.24) is 4.90 Å². The van der Waals surface area contributed by atoms with Crippen molar-refractivity contribution >= 4 is 23.4 Å². The van der Waals surface area contributed by atoms with Gasteiger partial charge in [0.15, 0.2) is 0 Å². The Morgan fingerprint density at radius 2 is 2.14 bits per heavy atom. The molecule has 2 aliphatic rings. The van der Waals surface area contributed by atoms with E-state index in [1.807, 2.05) is 6.07 Å². The largest absolute Gasteiger partial charge is 0.478 e. The lowest BCUT2D eigenvalue weighted by Gasteiger charge is -2.44. The number of hydrogen-bond donors (Lipinski definition) is 1. The molecule has 3 nitrogen and oxygen atoms in total. The number of nitrogens with zero attached hydrogens (tertiary/aromatic N) is 1. The van der Waals surface area contributed by atoms with E-state index in [0.717, 1.165) is 24.1 Å². The highest BCUT2D eigenvalue weighted by atomic mass is 32.1. The fourth-order valence-electron chi connectivity index (χ4n) is 3.90. The van der Waals surface area contributed by atoms with E-state index in [1.165, 1.54) is 56.0 Å². The molecular formula is C17H23NO2S. The predicted octanol–water partition coefficient (Wildman–Crippen LogP) is 4.00. The van der Waals surface area contributed by atoms with E-state index in [9.17, 15) is 4.79 Å². The lowest BCUT2D eigenvalue weighted by molar-refractivity contribution is -0.131. The summed E-state index contributed by atoms with van der Waals surface area (Å²) in [4.78, 5) is 14.6. The number of piperidine rings is 1. The first kappa shape index (κ1) is 14.8. The van der Waals surface area contributed by atoms with Crippen LogP contribution < -0.4 is 0 Å². The molecule has 1 aromatic rings. The monoisotopic (exact) mass is 305 g/mol. The van der Waals surface area contributed by atoms with Crippen molar-refractivity contribution in [3.05, 3.63) is 28.0 Å². The molecule has 1 aromatic heterocycles. The van der Waals surface area contributed by atoms with Gasteiger partial charge in [-0.05, 0) is 61.2 Å². The second-order valence-corrected chi connectivity index (χ2v) is 7.20. The van der Waals surface area contributed by atoms with Crippen LogP contribution >= 0.6 is 11.3 Å². The molecule has 3 rings (SSSR count). The van der Waals surface area contributed by atoms with Crippen LogP contribution in [0.2, 0.25) is 0 Å². The first-order chi connectivity index (χ1) is 10.2. The summed E-state index contributed by atoms with van der Waals surface area (Å²) >= 11 is 1.75. The van der Waals surface area contributed by atoms with Crippen LogP contribution in [0.25, 0.3) is 6.08 Å². The molecule has 0 bridgehead atoms. The molecule has 2 atom stereocenters. The first-order valence-electron chi connectivity index (χ1n) is 7.95. The predicted molar refractivity (Wildman–Crippen MR) is 86.4 cm³/mol. The molecule has 0 aromatic carbocycles. The van der Waals surface area contributed by atoms with E-state index in [4.69, 9.17) is 5.11 Å². The van der Waals surface area contributed by atoms with Crippen LogP contribution in [0.3, 0.4) is 0 Å². The Bertz CT molecular complexity index is 521. The van der Waals surface area contributed by atoms with Gasteiger partial charge in [0.05, 0.1) is 0 Å². The Kier molecular flexibility index (Phi) is 4.76. The third-order valence-electron chi connectivity index (χ3n) is 4.89. The molecule has 0 radical (unpaired) electrons. The average molecular weight is 305 g/mol. The van der Waals surface area contributed by atoms with E-state index >= 15 is 0 Å². The van der Waals surface area contributed by atoms with Crippen molar-refractivity contribution in [2.24, 2.45) is 5.92 Å². The minimum atomic E-state index is -0.877. The number of fused-ring (bicyclic) bond motifs is 1. The molecule has 114 valence electrons. The van der Waals surface area contributed by atoms with Crippen LogP contribution in [0.5, 0.6) is 0 Å². The summed E-state index contributed by atoms with van der Waals surface area (Å²) < 4.78 is 0. The topological polar surface area (TPSA) is 40.5 Å². The SMILES string of the molecule is O=C(O)C=Cc1ccsc1CN1CCCC2CCCCC21. The van der Waals surface area contributed by atoms with Gasteiger partial charge in [0.25, 0.3) is 0 Å². The van der Waals surface area contributed by atoms with Crippen LogP contribution in [0, 0.1) is 5.92 Å². The summed E-state index contributed by atoms with van der Waals surface area (Å²) in [5.74, 6) is 0.0166. The number of rotatable bonds is 4. The van der Waals surface area contributed by atoms with E-state index < -0.39 is 5.97 Å². The summed E-state index contributed by atoms with van der Waals surface area (Å²) in [6, 6.07) is 2.78. The molecule has 1 saturated heterocycles. The number of aliphatic carboxylic acids is 1. The highest BCUT2D eigenvalue weighted by molar-refractivity contribution is 7.10. The summed E-state index contributed by atoms with van der Waals surface area (Å²) in [6.45, 7) is 2.18. The Morgan fingerprint density at radius 3 is 3.00 bits per heavy atom. The smallest absolute Gasteiger partial charge is 0.328 e. The fraction of sp³-hybridized carbons (Fsp3) is 0.588. The van der Waals surface area contributed by atoms with Gasteiger partial charge in [-0.1, -0.05) is 12.8 Å². The molecule has 2 unspecified atom stereocenters. The second kappa shape index (κ2) is 6.75. The molecule has 1 saturated carbocycles. The van der Waals surface area contributed by atoms with Crippen LogP contribution in [0.1, 0.15) is 49.0 Å². The number of carboxylic acids is 1. The lowest BCUT2D eigenvalue weighted by Crippen LogP contribution is -2.46. The van der Waals surface area contributed by atoms with Gasteiger partial charge in [0.2, 0.25) is 0 Å². The van der Waals surface area contributed by atoms with Gasteiger partial charge >= 0.3 is 5.97 Å². The van der Waals surface area contributed by atoms with Crippen molar-refractivity contribution in [2.75, 3.05) is 6.54 Å². The van der Waals surface area contributed by atoms with Crippen molar-refractivity contribution in [2.45, 2.75) is 51.1 Å². The standard InChI is InChI=1S/C17H23NO2S/c19-17(20)8-7-14-9-11-21-16(14)12-18-10-3-5-13-4-1-2-6-15(13)18/h7-9,11,13,15H,1-6,10,12H2,(H,19,20). The Morgan fingerprint density at radius 1 is 1.33 bits per heavy atom. The van der Waals surface area contributed by atoms with Gasteiger partial charge in [-0.3, -0.25) is 4.90 Å². The zero-order valence-electron chi connectivity index (χ0n) is 12.3. The number of hydrogen-bond acceptors (Lipinski definition) is 3.